The Hall–Kier alpha value is 0.270. The van der Waals surface area contributed by atoms with E-state index in [-0.39, 0.29) is 0 Å². The lowest BCUT2D eigenvalue weighted by Gasteiger charge is -2.18. The first-order valence-corrected chi connectivity index (χ1v) is 6.06. The molecular formula is C9H20N2S. The Bertz CT molecular complexity index is 130. The topological polar surface area (TPSA) is 29.3 Å². The van der Waals surface area contributed by atoms with Crippen molar-refractivity contribution in [2.75, 3.05) is 32.1 Å². The zero-order valence-electron chi connectivity index (χ0n) is 8.12. The molecule has 2 atom stereocenters. The molecule has 0 aromatic heterocycles. The Morgan fingerprint density at radius 3 is 2.92 bits per heavy atom. The number of hydrogen-bond acceptors (Lipinski definition) is 3. The second-order valence-corrected chi connectivity index (χ2v) is 4.74. The minimum atomic E-state index is 0.433. The van der Waals surface area contributed by atoms with Crippen LogP contribution in [0.25, 0.3) is 0 Å². The van der Waals surface area contributed by atoms with Crippen LogP contribution in [0.15, 0.2) is 0 Å². The summed E-state index contributed by atoms with van der Waals surface area (Å²) >= 11 is 1.90. The third-order valence-corrected chi connectivity index (χ3v) is 3.33. The van der Waals surface area contributed by atoms with Crippen molar-refractivity contribution in [2.24, 2.45) is 11.7 Å². The van der Waals surface area contributed by atoms with Crippen LogP contribution in [-0.2, 0) is 0 Å². The van der Waals surface area contributed by atoms with Gasteiger partial charge in [-0.3, -0.25) is 0 Å². The van der Waals surface area contributed by atoms with Gasteiger partial charge in [-0.15, -0.1) is 0 Å². The van der Waals surface area contributed by atoms with Crippen molar-refractivity contribution in [3.8, 4) is 0 Å². The van der Waals surface area contributed by atoms with Crippen molar-refractivity contribution in [2.45, 2.75) is 18.9 Å². The molecular weight excluding hydrogens is 168 g/mol. The maximum atomic E-state index is 6.09. The van der Waals surface area contributed by atoms with E-state index in [0.29, 0.717) is 6.04 Å². The molecule has 1 saturated heterocycles. The number of rotatable bonds is 4. The molecule has 1 aliphatic rings. The van der Waals surface area contributed by atoms with Crippen LogP contribution in [0.3, 0.4) is 0 Å². The van der Waals surface area contributed by atoms with Crippen molar-refractivity contribution in [1.29, 1.82) is 0 Å². The zero-order chi connectivity index (χ0) is 8.97. The third-order valence-electron chi connectivity index (χ3n) is 2.69. The molecule has 2 unspecified atom stereocenters. The largest absolute Gasteiger partial charge is 0.327 e. The number of nitrogens with zero attached hydrogens (tertiary/aromatic N) is 1. The van der Waals surface area contributed by atoms with Crippen molar-refractivity contribution < 1.29 is 0 Å². The van der Waals surface area contributed by atoms with Gasteiger partial charge in [0.1, 0.15) is 0 Å². The fraction of sp³-hybridized carbons (Fsp3) is 1.00. The molecule has 3 heteroatoms. The smallest absolute Gasteiger partial charge is 0.00877 e. The molecule has 1 rings (SSSR count). The van der Waals surface area contributed by atoms with E-state index in [4.69, 9.17) is 5.73 Å². The maximum absolute atomic E-state index is 6.09. The van der Waals surface area contributed by atoms with Gasteiger partial charge in [0.2, 0.25) is 0 Å². The summed E-state index contributed by atoms with van der Waals surface area (Å²) < 4.78 is 0. The second-order valence-electron chi connectivity index (χ2n) is 3.76. The predicted octanol–water partition coefficient (Wildman–Crippen LogP) is 1.02. The van der Waals surface area contributed by atoms with Crippen LogP contribution in [0, 0.1) is 5.92 Å². The lowest BCUT2D eigenvalue weighted by molar-refractivity contribution is 0.366. The summed E-state index contributed by atoms with van der Waals surface area (Å²) in [6.07, 6.45) is 4.62. The number of thioether (sulfide) groups is 1. The highest BCUT2D eigenvalue weighted by Crippen LogP contribution is 2.19. The maximum Gasteiger partial charge on any atom is 0.00877 e. The lowest BCUT2D eigenvalue weighted by Crippen LogP contribution is -2.32. The Balaban J connectivity index is 2.18. The van der Waals surface area contributed by atoms with E-state index in [1.54, 1.807) is 0 Å². The van der Waals surface area contributed by atoms with Gasteiger partial charge in [0.25, 0.3) is 0 Å². The van der Waals surface area contributed by atoms with Gasteiger partial charge >= 0.3 is 0 Å². The fourth-order valence-corrected chi connectivity index (χ4v) is 2.32. The van der Waals surface area contributed by atoms with E-state index >= 15 is 0 Å². The fourth-order valence-electron chi connectivity index (χ4n) is 1.81. The van der Waals surface area contributed by atoms with E-state index in [1.165, 1.54) is 31.7 Å². The molecule has 0 aromatic rings. The van der Waals surface area contributed by atoms with Gasteiger partial charge in [-0.25, -0.2) is 0 Å². The average Bonchev–Trinajstić information content (AvgIpc) is 2.47. The highest BCUT2D eigenvalue weighted by atomic mass is 32.2. The van der Waals surface area contributed by atoms with Gasteiger partial charge in [0.05, 0.1) is 0 Å². The first-order valence-electron chi connectivity index (χ1n) is 4.67. The van der Waals surface area contributed by atoms with E-state index in [0.717, 1.165) is 5.92 Å². The SMILES string of the molecule is CSCCC(N)C1CCN(C)C1. The van der Waals surface area contributed by atoms with E-state index in [9.17, 15) is 0 Å². The van der Waals surface area contributed by atoms with Crippen molar-refractivity contribution in [1.82, 2.24) is 4.90 Å². The summed E-state index contributed by atoms with van der Waals surface area (Å²) in [4.78, 5) is 2.38. The molecule has 0 saturated carbocycles. The third kappa shape index (κ3) is 2.96. The quantitative estimate of drug-likeness (QED) is 0.714. The van der Waals surface area contributed by atoms with Crippen LogP contribution in [-0.4, -0.2) is 43.1 Å². The molecule has 1 aliphatic heterocycles. The lowest BCUT2D eigenvalue weighted by atomic mass is 9.98. The standard InChI is InChI=1S/C9H20N2S/c1-11-5-3-8(7-11)9(10)4-6-12-2/h8-9H,3-7,10H2,1-2H3. The Morgan fingerprint density at radius 1 is 1.67 bits per heavy atom. The summed E-state index contributed by atoms with van der Waals surface area (Å²) in [5.41, 5.74) is 6.09. The molecule has 72 valence electrons. The normalized spacial score (nSPS) is 27.8. The van der Waals surface area contributed by atoms with Gasteiger partial charge in [-0.05, 0) is 44.4 Å². The molecule has 0 amide bonds. The summed E-state index contributed by atoms with van der Waals surface area (Å²) in [7, 11) is 2.18. The molecule has 0 bridgehead atoms. The highest BCUT2D eigenvalue weighted by Gasteiger charge is 2.24. The van der Waals surface area contributed by atoms with Crippen LogP contribution >= 0.6 is 11.8 Å². The Kier molecular flexibility index (Phi) is 4.40. The van der Waals surface area contributed by atoms with Gasteiger partial charge in [-0.2, -0.15) is 11.8 Å². The number of hydrogen-bond donors (Lipinski definition) is 1. The van der Waals surface area contributed by atoms with Crippen molar-refractivity contribution >= 4 is 11.8 Å². The average molecular weight is 188 g/mol. The minimum absolute atomic E-state index is 0.433. The number of nitrogens with two attached hydrogens (primary N) is 1. The van der Waals surface area contributed by atoms with Gasteiger partial charge in [0, 0.05) is 12.6 Å². The zero-order valence-corrected chi connectivity index (χ0v) is 8.94. The summed E-state index contributed by atoms with van der Waals surface area (Å²) in [5, 5.41) is 0. The van der Waals surface area contributed by atoms with Crippen LogP contribution < -0.4 is 5.73 Å². The molecule has 1 fully saturated rings. The molecule has 2 N–H and O–H groups in total. The van der Waals surface area contributed by atoms with Crippen LogP contribution in [0.4, 0.5) is 0 Å². The predicted molar refractivity (Wildman–Crippen MR) is 56.6 cm³/mol. The van der Waals surface area contributed by atoms with Crippen LogP contribution in [0.5, 0.6) is 0 Å². The monoisotopic (exact) mass is 188 g/mol. The van der Waals surface area contributed by atoms with E-state index in [2.05, 4.69) is 18.2 Å². The van der Waals surface area contributed by atoms with Gasteiger partial charge < -0.3 is 10.6 Å². The minimum Gasteiger partial charge on any atom is -0.327 e. The first-order chi connectivity index (χ1) is 5.74. The van der Waals surface area contributed by atoms with Crippen LogP contribution in [0.1, 0.15) is 12.8 Å². The molecule has 1 heterocycles. The second kappa shape index (κ2) is 5.10. The molecule has 12 heavy (non-hydrogen) atoms. The van der Waals surface area contributed by atoms with E-state index in [1.807, 2.05) is 11.8 Å². The molecule has 0 spiro atoms. The van der Waals surface area contributed by atoms with Gasteiger partial charge in [0.15, 0.2) is 0 Å². The summed E-state index contributed by atoms with van der Waals surface area (Å²) in [5.74, 6) is 1.96. The van der Waals surface area contributed by atoms with Gasteiger partial charge in [-0.1, -0.05) is 0 Å². The molecule has 0 radical (unpaired) electrons. The van der Waals surface area contributed by atoms with Crippen molar-refractivity contribution in [3.05, 3.63) is 0 Å². The summed E-state index contributed by atoms with van der Waals surface area (Å²) in [6, 6.07) is 0.433. The summed E-state index contributed by atoms with van der Waals surface area (Å²) in [6.45, 7) is 2.44. The highest BCUT2D eigenvalue weighted by molar-refractivity contribution is 7.98. The van der Waals surface area contributed by atoms with E-state index < -0.39 is 0 Å². The molecule has 2 nitrogen and oxygen atoms in total. The first kappa shape index (κ1) is 10.4. The van der Waals surface area contributed by atoms with Crippen molar-refractivity contribution in [3.63, 3.8) is 0 Å². The molecule has 0 aliphatic carbocycles. The Labute approximate surface area is 79.9 Å². The molecule has 0 aromatic carbocycles. The Morgan fingerprint density at radius 2 is 2.42 bits per heavy atom. The number of likely N-dealkylation sites (tertiary alicyclic amines) is 1. The van der Waals surface area contributed by atoms with Crippen LogP contribution in [0.2, 0.25) is 0 Å².